The minimum atomic E-state index is -0.540. The summed E-state index contributed by atoms with van der Waals surface area (Å²) in [5.41, 5.74) is 1.70. The largest absolute Gasteiger partial charge is 0.353 e. The van der Waals surface area contributed by atoms with E-state index in [-0.39, 0.29) is 16.7 Å². The minimum absolute atomic E-state index is 0.0697. The summed E-state index contributed by atoms with van der Waals surface area (Å²) >= 11 is 6.17. The zero-order chi connectivity index (χ0) is 17.4. The van der Waals surface area contributed by atoms with Crippen molar-refractivity contribution in [3.8, 4) is 5.95 Å². The molecule has 0 unspecified atom stereocenters. The molecule has 0 amide bonds. The van der Waals surface area contributed by atoms with Crippen molar-refractivity contribution in [2.45, 2.75) is 0 Å². The van der Waals surface area contributed by atoms with E-state index in [1.165, 1.54) is 18.3 Å². The van der Waals surface area contributed by atoms with E-state index in [4.69, 9.17) is 11.6 Å². The Labute approximate surface area is 145 Å². The maximum Gasteiger partial charge on any atom is 0.295 e. The molecule has 4 aromatic rings. The number of halogens is 2. The van der Waals surface area contributed by atoms with E-state index in [2.05, 4.69) is 20.4 Å². The van der Waals surface area contributed by atoms with Gasteiger partial charge in [-0.3, -0.25) is 4.79 Å². The lowest BCUT2D eigenvalue weighted by Crippen LogP contribution is -2.23. The summed E-state index contributed by atoms with van der Waals surface area (Å²) in [4.78, 5) is 19.9. The molecule has 2 aromatic heterocycles. The molecule has 0 spiro atoms. The normalized spacial score (nSPS) is 11.0. The highest BCUT2D eigenvalue weighted by atomic mass is 35.5. The van der Waals surface area contributed by atoms with Crippen molar-refractivity contribution in [1.82, 2.24) is 19.7 Å². The number of H-pyrrole nitrogens is 1. The Balaban J connectivity index is 1.74. The third kappa shape index (κ3) is 2.85. The van der Waals surface area contributed by atoms with Crippen LogP contribution in [-0.2, 0) is 0 Å². The molecule has 2 aromatic carbocycles. The van der Waals surface area contributed by atoms with Gasteiger partial charge in [-0.1, -0.05) is 29.8 Å². The SMILES string of the molecule is O=c1c(Cl)c(Nc2cccc(F)c2)cnn1-c1nc2ccccc2[nH]1. The molecular weight excluding hydrogens is 345 g/mol. The number of aromatic amines is 1. The van der Waals surface area contributed by atoms with Crippen LogP contribution in [-0.4, -0.2) is 19.7 Å². The second-order valence-electron chi connectivity index (χ2n) is 5.30. The summed E-state index contributed by atoms with van der Waals surface area (Å²) in [5, 5.41) is 6.90. The van der Waals surface area contributed by atoms with Crippen LogP contribution < -0.4 is 10.9 Å². The average molecular weight is 356 g/mol. The van der Waals surface area contributed by atoms with E-state index >= 15 is 0 Å². The van der Waals surface area contributed by atoms with E-state index in [9.17, 15) is 9.18 Å². The number of rotatable bonds is 3. The first-order valence-corrected chi connectivity index (χ1v) is 7.75. The number of benzene rings is 2. The van der Waals surface area contributed by atoms with E-state index in [1.54, 1.807) is 12.1 Å². The summed E-state index contributed by atoms with van der Waals surface area (Å²) in [6, 6.07) is 13.2. The number of imidazole rings is 1. The highest BCUT2D eigenvalue weighted by Gasteiger charge is 2.13. The van der Waals surface area contributed by atoms with Gasteiger partial charge in [-0.25, -0.2) is 9.37 Å². The van der Waals surface area contributed by atoms with Gasteiger partial charge in [0, 0.05) is 5.69 Å². The Morgan fingerprint density at radius 3 is 2.80 bits per heavy atom. The van der Waals surface area contributed by atoms with Crippen molar-refractivity contribution in [3.05, 3.63) is 75.9 Å². The van der Waals surface area contributed by atoms with Crippen LogP contribution in [0.4, 0.5) is 15.8 Å². The van der Waals surface area contributed by atoms with Crippen LogP contribution in [0.2, 0.25) is 5.02 Å². The lowest BCUT2D eigenvalue weighted by Gasteiger charge is -2.09. The van der Waals surface area contributed by atoms with Crippen LogP contribution in [0.3, 0.4) is 0 Å². The lowest BCUT2D eigenvalue weighted by molar-refractivity contribution is 0.628. The summed E-state index contributed by atoms with van der Waals surface area (Å²) in [5.74, 6) is -0.130. The Hall–Kier alpha value is -3.19. The molecule has 8 heteroatoms. The Bertz CT molecular complexity index is 1100. The molecule has 6 nitrogen and oxygen atoms in total. The van der Waals surface area contributed by atoms with Gasteiger partial charge in [0.15, 0.2) is 0 Å². The molecule has 0 atom stereocenters. The molecule has 0 fully saturated rings. The van der Waals surface area contributed by atoms with Crippen LogP contribution in [0.25, 0.3) is 17.0 Å². The number of para-hydroxylation sites is 2. The van der Waals surface area contributed by atoms with Crippen LogP contribution in [0, 0.1) is 5.82 Å². The molecule has 0 bridgehead atoms. The molecule has 0 aliphatic carbocycles. The summed E-state index contributed by atoms with van der Waals surface area (Å²) in [6.07, 6.45) is 1.39. The first-order valence-electron chi connectivity index (χ1n) is 7.37. The maximum atomic E-state index is 13.3. The summed E-state index contributed by atoms with van der Waals surface area (Å²) in [7, 11) is 0. The number of nitrogens with zero attached hydrogens (tertiary/aromatic N) is 3. The third-order valence-corrected chi connectivity index (χ3v) is 3.97. The number of nitrogens with one attached hydrogen (secondary N) is 2. The van der Waals surface area contributed by atoms with Crippen molar-refractivity contribution in [3.63, 3.8) is 0 Å². The number of anilines is 2. The predicted molar refractivity (Wildman–Crippen MR) is 94.2 cm³/mol. The molecule has 25 heavy (non-hydrogen) atoms. The first-order chi connectivity index (χ1) is 12.1. The van der Waals surface area contributed by atoms with Gasteiger partial charge in [-0.15, -0.1) is 0 Å². The standard InChI is InChI=1S/C17H11ClFN5O/c18-15-14(21-11-5-3-4-10(19)8-11)9-20-24(16(15)25)17-22-12-6-1-2-7-13(12)23-17/h1-9,21H,(H,22,23). The quantitative estimate of drug-likeness (QED) is 0.588. The monoisotopic (exact) mass is 355 g/mol. The molecule has 124 valence electrons. The number of aromatic nitrogens is 4. The molecular formula is C17H11ClFN5O. The van der Waals surface area contributed by atoms with Crippen LogP contribution >= 0.6 is 11.6 Å². The second kappa shape index (κ2) is 6.03. The topological polar surface area (TPSA) is 75.6 Å². The maximum absolute atomic E-state index is 13.3. The smallest absolute Gasteiger partial charge is 0.295 e. The average Bonchev–Trinajstić information content (AvgIpc) is 3.03. The van der Waals surface area contributed by atoms with Gasteiger partial charge in [0.05, 0.1) is 22.9 Å². The van der Waals surface area contributed by atoms with E-state index in [1.807, 2.05) is 24.3 Å². The molecule has 0 aliphatic rings. The minimum Gasteiger partial charge on any atom is -0.353 e. The van der Waals surface area contributed by atoms with E-state index in [0.29, 0.717) is 11.2 Å². The van der Waals surface area contributed by atoms with Gasteiger partial charge in [0.25, 0.3) is 5.56 Å². The lowest BCUT2D eigenvalue weighted by atomic mass is 10.3. The Kier molecular flexibility index (Phi) is 3.70. The Morgan fingerprint density at radius 1 is 1.16 bits per heavy atom. The van der Waals surface area contributed by atoms with Crippen LogP contribution in [0.1, 0.15) is 0 Å². The van der Waals surface area contributed by atoms with Gasteiger partial charge >= 0.3 is 0 Å². The number of fused-ring (bicyclic) bond motifs is 1. The molecule has 2 N–H and O–H groups in total. The molecule has 0 saturated heterocycles. The number of hydrogen-bond donors (Lipinski definition) is 2. The van der Waals surface area contributed by atoms with Crippen molar-refractivity contribution < 1.29 is 4.39 Å². The molecule has 0 aliphatic heterocycles. The molecule has 2 heterocycles. The molecule has 0 saturated carbocycles. The Morgan fingerprint density at radius 2 is 2.00 bits per heavy atom. The van der Waals surface area contributed by atoms with E-state index in [0.717, 1.165) is 10.2 Å². The molecule has 4 rings (SSSR count). The van der Waals surface area contributed by atoms with Gasteiger partial charge in [0.2, 0.25) is 5.95 Å². The highest BCUT2D eigenvalue weighted by molar-refractivity contribution is 6.33. The van der Waals surface area contributed by atoms with Crippen molar-refractivity contribution in [1.29, 1.82) is 0 Å². The predicted octanol–water partition coefficient (Wildman–Crippen LogP) is 3.64. The van der Waals surface area contributed by atoms with Crippen molar-refractivity contribution in [2.24, 2.45) is 0 Å². The fourth-order valence-corrected chi connectivity index (χ4v) is 2.61. The number of hydrogen-bond acceptors (Lipinski definition) is 4. The fraction of sp³-hybridized carbons (Fsp3) is 0. The summed E-state index contributed by atoms with van der Waals surface area (Å²) in [6.45, 7) is 0. The zero-order valence-electron chi connectivity index (χ0n) is 12.7. The van der Waals surface area contributed by atoms with Crippen molar-refractivity contribution >= 4 is 34.0 Å². The van der Waals surface area contributed by atoms with E-state index < -0.39 is 11.4 Å². The first kappa shape index (κ1) is 15.3. The third-order valence-electron chi connectivity index (χ3n) is 3.60. The van der Waals surface area contributed by atoms with Gasteiger partial charge < -0.3 is 10.3 Å². The van der Waals surface area contributed by atoms with Crippen LogP contribution in [0.5, 0.6) is 0 Å². The highest BCUT2D eigenvalue weighted by Crippen LogP contribution is 2.22. The van der Waals surface area contributed by atoms with Gasteiger partial charge in [-0.2, -0.15) is 9.78 Å². The van der Waals surface area contributed by atoms with Crippen LogP contribution in [0.15, 0.2) is 59.5 Å². The fourth-order valence-electron chi connectivity index (χ4n) is 2.43. The summed E-state index contributed by atoms with van der Waals surface area (Å²) < 4.78 is 14.4. The zero-order valence-corrected chi connectivity index (χ0v) is 13.5. The van der Waals surface area contributed by atoms with Gasteiger partial charge in [0.1, 0.15) is 10.8 Å². The molecule has 0 radical (unpaired) electrons. The second-order valence-corrected chi connectivity index (χ2v) is 5.68. The van der Waals surface area contributed by atoms with Gasteiger partial charge in [-0.05, 0) is 30.3 Å². The van der Waals surface area contributed by atoms with Crippen molar-refractivity contribution in [2.75, 3.05) is 5.32 Å².